The minimum absolute atomic E-state index is 0.0886. The first-order valence-electron chi connectivity index (χ1n) is 9.64. The van der Waals surface area contributed by atoms with E-state index in [0.717, 1.165) is 5.56 Å². The van der Waals surface area contributed by atoms with Gasteiger partial charge in [0.05, 0.1) is 17.1 Å². The predicted molar refractivity (Wildman–Crippen MR) is 111 cm³/mol. The summed E-state index contributed by atoms with van der Waals surface area (Å²) in [4.78, 5) is 14.3. The Bertz CT molecular complexity index is 953. The fraction of sp³-hybridized carbons (Fsp3) is 0.381. The number of nitrogens with one attached hydrogen (secondary N) is 1. The zero-order chi connectivity index (χ0) is 21.0. The summed E-state index contributed by atoms with van der Waals surface area (Å²) in [6, 6.07) is 13.0. The maximum absolute atomic E-state index is 13.6. The van der Waals surface area contributed by atoms with Gasteiger partial charge < -0.3 is 5.32 Å². The van der Waals surface area contributed by atoms with Gasteiger partial charge in [0, 0.05) is 26.2 Å². The minimum atomic E-state index is -3.55. The zero-order valence-corrected chi connectivity index (χ0v) is 17.5. The third-order valence-electron chi connectivity index (χ3n) is 5.03. The smallest absolute Gasteiger partial charge is 0.243 e. The molecule has 2 aromatic rings. The minimum Gasteiger partial charge on any atom is -0.322 e. The SMILES string of the molecule is CC(C)c1ccc(S(=O)(=O)N2CCN(CC(=O)Nc3ccccc3F)CC2)cc1. The van der Waals surface area contributed by atoms with E-state index in [2.05, 4.69) is 19.2 Å². The van der Waals surface area contributed by atoms with Crippen molar-refractivity contribution in [2.75, 3.05) is 38.0 Å². The van der Waals surface area contributed by atoms with Gasteiger partial charge in [-0.1, -0.05) is 38.1 Å². The van der Waals surface area contributed by atoms with E-state index in [1.54, 1.807) is 24.3 Å². The number of carbonyl (C=O) groups excluding carboxylic acids is 1. The van der Waals surface area contributed by atoms with Crippen molar-refractivity contribution in [3.8, 4) is 0 Å². The number of nitrogens with zero attached hydrogens (tertiary/aromatic N) is 2. The van der Waals surface area contributed by atoms with Gasteiger partial charge in [-0.25, -0.2) is 12.8 Å². The standard InChI is InChI=1S/C21H26FN3O3S/c1-16(2)17-7-9-18(10-8-17)29(27,28)25-13-11-24(12-14-25)15-21(26)23-20-6-4-3-5-19(20)22/h3-10,16H,11-15H2,1-2H3,(H,23,26). The molecule has 29 heavy (non-hydrogen) atoms. The molecule has 1 aliphatic rings. The second kappa shape index (κ2) is 9.02. The maximum Gasteiger partial charge on any atom is 0.243 e. The molecule has 0 aromatic heterocycles. The maximum atomic E-state index is 13.6. The van der Waals surface area contributed by atoms with Crippen LogP contribution in [0.2, 0.25) is 0 Å². The number of piperazine rings is 1. The van der Waals surface area contributed by atoms with Gasteiger partial charge in [0.15, 0.2) is 0 Å². The Morgan fingerprint density at radius 3 is 2.24 bits per heavy atom. The molecule has 0 atom stereocenters. The summed E-state index contributed by atoms with van der Waals surface area (Å²) in [5.41, 5.74) is 1.23. The van der Waals surface area contributed by atoms with Crippen LogP contribution >= 0.6 is 0 Å². The Kier molecular flexibility index (Phi) is 6.66. The number of sulfonamides is 1. The van der Waals surface area contributed by atoms with Crippen LogP contribution in [0, 0.1) is 5.82 Å². The van der Waals surface area contributed by atoms with Crippen LogP contribution in [0.4, 0.5) is 10.1 Å². The zero-order valence-electron chi connectivity index (χ0n) is 16.6. The lowest BCUT2D eigenvalue weighted by atomic mass is 10.0. The fourth-order valence-electron chi connectivity index (χ4n) is 3.26. The first-order valence-corrected chi connectivity index (χ1v) is 11.1. The first kappa shape index (κ1) is 21.4. The molecule has 1 N–H and O–H groups in total. The highest BCUT2D eigenvalue weighted by atomic mass is 32.2. The van der Waals surface area contributed by atoms with Crippen molar-refractivity contribution in [2.24, 2.45) is 0 Å². The third kappa shape index (κ3) is 5.20. The molecule has 1 aliphatic heterocycles. The molecule has 6 nitrogen and oxygen atoms in total. The molecule has 2 aromatic carbocycles. The van der Waals surface area contributed by atoms with Crippen LogP contribution in [-0.4, -0.2) is 56.3 Å². The summed E-state index contributed by atoms with van der Waals surface area (Å²) < 4.78 is 40.8. The third-order valence-corrected chi connectivity index (χ3v) is 6.94. The Labute approximate surface area is 171 Å². The summed E-state index contributed by atoms with van der Waals surface area (Å²) in [5.74, 6) is -0.471. The molecule has 0 aliphatic carbocycles. The quantitative estimate of drug-likeness (QED) is 0.782. The number of hydrogen-bond donors (Lipinski definition) is 1. The Morgan fingerprint density at radius 2 is 1.66 bits per heavy atom. The number of para-hydroxylation sites is 1. The lowest BCUT2D eigenvalue weighted by molar-refractivity contribution is -0.117. The Balaban J connectivity index is 1.55. The van der Waals surface area contributed by atoms with Crippen LogP contribution in [0.25, 0.3) is 0 Å². The van der Waals surface area contributed by atoms with Crippen molar-refractivity contribution in [2.45, 2.75) is 24.7 Å². The molecule has 1 saturated heterocycles. The van der Waals surface area contributed by atoms with Crippen molar-refractivity contribution < 1.29 is 17.6 Å². The van der Waals surface area contributed by atoms with Gasteiger partial charge in [0.1, 0.15) is 5.82 Å². The molecule has 0 unspecified atom stereocenters. The molecule has 0 bridgehead atoms. The van der Waals surface area contributed by atoms with Crippen molar-refractivity contribution >= 4 is 21.6 Å². The first-order chi connectivity index (χ1) is 13.8. The van der Waals surface area contributed by atoms with E-state index in [-0.39, 0.29) is 23.0 Å². The summed E-state index contributed by atoms with van der Waals surface area (Å²) in [5, 5.41) is 2.55. The molecular weight excluding hydrogens is 393 g/mol. The van der Waals surface area contributed by atoms with Gasteiger partial charge >= 0.3 is 0 Å². The molecule has 1 heterocycles. The lowest BCUT2D eigenvalue weighted by Gasteiger charge is -2.33. The molecule has 3 rings (SSSR count). The molecule has 8 heteroatoms. The molecular formula is C21H26FN3O3S. The Morgan fingerprint density at radius 1 is 1.03 bits per heavy atom. The van der Waals surface area contributed by atoms with Crippen LogP contribution in [0.15, 0.2) is 53.4 Å². The summed E-state index contributed by atoms with van der Waals surface area (Å²) in [7, 11) is -3.55. The van der Waals surface area contributed by atoms with E-state index < -0.39 is 15.8 Å². The van der Waals surface area contributed by atoms with Crippen LogP contribution in [0.3, 0.4) is 0 Å². The average Bonchev–Trinajstić information content (AvgIpc) is 2.70. The largest absolute Gasteiger partial charge is 0.322 e. The number of carbonyl (C=O) groups is 1. The average molecular weight is 420 g/mol. The highest BCUT2D eigenvalue weighted by Crippen LogP contribution is 2.21. The van der Waals surface area contributed by atoms with Crippen molar-refractivity contribution in [1.82, 2.24) is 9.21 Å². The number of benzene rings is 2. The van der Waals surface area contributed by atoms with Crippen LogP contribution in [0.1, 0.15) is 25.3 Å². The molecule has 0 saturated carbocycles. The summed E-state index contributed by atoms with van der Waals surface area (Å²) in [6.45, 7) is 5.70. The molecule has 156 valence electrons. The molecule has 0 spiro atoms. The van der Waals surface area contributed by atoms with E-state index in [1.165, 1.54) is 16.4 Å². The molecule has 1 fully saturated rings. The summed E-state index contributed by atoms with van der Waals surface area (Å²) >= 11 is 0. The van der Waals surface area contributed by atoms with Gasteiger partial charge in [0.25, 0.3) is 0 Å². The molecule has 0 radical (unpaired) electrons. The fourth-order valence-corrected chi connectivity index (χ4v) is 4.68. The highest BCUT2D eigenvalue weighted by molar-refractivity contribution is 7.89. The van der Waals surface area contributed by atoms with Crippen LogP contribution in [0.5, 0.6) is 0 Å². The molecule has 1 amide bonds. The summed E-state index contributed by atoms with van der Waals surface area (Å²) in [6.07, 6.45) is 0. The number of anilines is 1. The van der Waals surface area contributed by atoms with E-state index in [9.17, 15) is 17.6 Å². The number of amides is 1. The van der Waals surface area contributed by atoms with Gasteiger partial charge in [-0.15, -0.1) is 0 Å². The van der Waals surface area contributed by atoms with Crippen molar-refractivity contribution in [1.29, 1.82) is 0 Å². The van der Waals surface area contributed by atoms with Crippen molar-refractivity contribution in [3.63, 3.8) is 0 Å². The van der Waals surface area contributed by atoms with Crippen molar-refractivity contribution in [3.05, 3.63) is 59.9 Å². The number of halogens is 1. The van der Waals surface area contributed by atoms with Gasteiger partial charge in [-0.2, -0.15) is 4.31 Å². The highest BCUT2D eigenvalue weighted by Gasteiger charge is 2.29. The Hall–Kier alpha value is -2.29. The van der Waals surface area contributed by atoms with Gasteiger partial charge in [-0.3, -0.25) is 9.69 Å². The van der Waals surface area contributed by atoms with E-state index in [4.69, 9.17) is 0 Å². The second-order valence-corrected chi connectivity index (χ2v) is 9.37. The van der Waals surface area contributed by atoms with Crippen LogP contribution < -0.4 is 5.32 Å². The predicted octanol–water partition coefficient (Wildman–Crippen LogP) is 2.89. The second-order valence-electron chi connectivity index (χ2n) is 7.43. The van der Waals surface area contributed by atoms with Crippen LogP contribution in [-0.2, 0) is 14.8 Å². The normalized spacial score (nSPS) is 16.1. The van der Waals surface area contributed by atoms with Gasteiger partial charge in [-0.05, 0) is 35.7 Å². The topological polar surface area (TPSA) is 69.7 Å². The number of hydrogen-bond acceptors (Lipinski definition) is 4. The van der Waals surface area contributed by atoms with E-state index >= 15 is 0 Å². The monoisotopic (exact) mass is 419 g/mol. The van der Waals surface area contributed by atoms with E-state index in [0.29, 0.717) is 32.1 Å². The number of rotatable bonds is 6. The lowest BCUT2D eigenvalue weighted by Crippen LogP contribution is -2.50. The van der Waals surface area contributed by atoms with E-state index in [1.807, 2.05) is 17.0 Å². The van der Waals surface area contributed by atoms with Gasteiger partial charge in [0.2, 0.25) is 15.9 Å².